The SMILES string of the molecule is CN(c1ccc(CNC(C)(C)C)cc1Cl)C1CCOC1. The lowest BCUT2D eigenvalue weighted by Gasteiger charge is -2.27. The molecule has 0 aromatic heterocycles. The van der Waals surface area contributed by atoms with E-state index in [1.54, 1.807) is 0 Å². The van der Waals surface area contributed by atoms with Gasteiger partial charge in [0, 0.05) is 25.7 Å². The van der Waals surface area contributed by atoms with Crippen LogP contribution in [0.1, 0.15) is 32.8 Å². The van der Waals surface area contributed by atoms with Crippen LogP contribution in [0.3, 0.4) is 0 Å². The molecule has 0 amide bonds. The van der Waals surface area contributed by atoms with Crippen molar-refractivity contribution in [3.05, 3.63) is 28.8 Å². The van der Waals surface area contributed by atoms with Gasteiger partial charge in [-0.2, -0.15) is 0 Å². The summed E-state index contributed by atoms with van der Waals surface area (Å²) in [5.41, 5.74) is 2.41. The number of ether oxygens (including phenoxy) is 1. The van der Waals surface area contributed by atoms with Gasteiger partial charge in [0.1, 0.15) is 0 Å². The predicted octanol–water partition coefficient (Wildman–Crippen LogP) is 3.45. The quantitative estimate of drug-likeness (QED) is 0.921. The van der Waals surface area contributed by atoms with Gasteiger partial charge in [-0.25, -0.2) is 0 Å². The molecule has 0 bridgehead atoms. The van der Waals surface area contributed by atoms with E-state index in [1.165, 1.54) is 5.56 Å². The largest absolute Gasteiger partial charge is 0.379 e. The first-order valence-corrected chi connectivity index (χ1v) is 7.58. The Morgan fingerprint density at radius 2 is 2.15 bits per heavy atom. The van der Waals surface area contributed by atoms with Crippen molar-refractivity contribution in [3.8, 4) is 0 Å². The molecule has 4 heteroatoms. The van der Waals surface area contributed by atoms with Gasteiger partial charge in [0.25, 0.3) is 0 Å². The minimum Gasteiger partial charge on any atom is -0.379 e. The van der Waals surface area contributed by atoms with Crippen LogP contribution in [-0.4, -0.2) is 31.8 Å². The van der Waals surface area contributed by atoms with E-state index < -0.39 is 0 Å². The van der Waals surface area contributed by atoms with Gasteiger partial charge in [-0.05, 0) is 44.9 Å². The molecule has 20 heavy (non-hydrogen) atoms. The third kappa shape index (κ3) is 4.11. The normalized spacial score (nSPS) is 19.4. The van der Waals surface area contributed by atoms with Crippen molar-refractivity contribution in [2.45, 2.75) is 45.3 Å². The highest BCUT2D eigenvalue weighted by atomic mass is 35.5. The number of hydrogen-bond acceptors (Lipinski definition) is 3. The summed E-state index contributed by atoms with van der Waals surface area (Å²) in [4.78, 5) is 2.23. The molecule has 1 N–H and O–H groups in total. The van der Waals surface area contributed by atoms with E-state index in [1.807, 2.05) is 0 Å². The molecule has 112 valence electrons. The van der Waals surface area contributed by atoms with Gasteiger partial charge in [0.05, 0.1) is 23.4 Å². The van der Waals surface area contributed by atoms with Gasteiger partial charge < -0.3 is 15.0 Å². The zero-order valence-corrected chi connectivity index (χ0v) is 13.6. The van der Waals surface area contributed by atoms with Crippen LogP contribution >= 0.6 is 11.6 Å². The van der Waals surface area contributed by atoms with Crippen LogP contribution in [0.2, 0.25) is 5.02 Å². The minimum absolute atomic E-state index is 0.114. The number of benzene rings is 1. The maximum atomic E-state index is 6.44. The van der Waals surface area contributed by atoms with Crippen molar-refractivity contribution < 1.29 is 4.74 Å². The molecule has 0 saturated carbocycles. The number of rotatable bonds is 4. The smallest absolute Gasteiger partial charge is 0.0670 e. The van der Waals surface area contributed by atoms with Crippen LogP contribution in [0, 0.1) is 0 Å². The van der Waals surface area contributed by atoms with Crippen molar-refractivity contribution in [1.82, 2.24) is 5.32 Å². The Morgan fingerprint density at radius 1 is 1.40 bits per heavy atom. The molecule has 0 aliphatic carbocycles. The highest BCUT2D eigenvalue weighted by Gasteiger charge is 2.22. The van der Waals surface area contributed by atoms with Crippen molar-refractivity contribution in [2.75, 3.05) is 25.2 Å². The maximum absolute atomic E-state index is 6.44. The first kappa shape index (κ1) is 15.6. The third-order valence-electron chi connectivity index (χ3n) is 3.67. The predicted molar refractivity (Wildman–Crippen MR) is 85.7 cm³/mol. The molecule has 0 radical (unpaired) electrons. The minimum atomic E-state index is 0.114. The van der Waals surface area contributed by atoms with Gasteiger partial charge in [0.2, 0.25) is 0 Å². The van der Waals surface area contributed by atoms with Crippen LogP contribution < -0.4 is 10.2 Å². The van der Waals surface area contributed by atoms with Crippen LogP contribution in [0.5, 0.6) is 0 Å². The lowest BCUT2D eigenvalue weighted by atomic mass is 10.1. The second-order valence-corrected chi connectivity index (χ2v) is 6.92. The van der Waals surface area contributed by atoms with Gasteiger partial charge in [-0.3, -0.25) is 0 Å². The zero-order valence-electron chi connectivity index (χ0n) is 12.9. The van der Waals surface area contributed by atoms with Crippen LogP contribution in [0.4, 0.5) is 5.69 Å². The highest BCUT2D eigenvalue weighted by molar-refractivity contribution is 6.33. The van der Waals surface area contributed by atoms with Gasteiger partial charge >= 0.3 is 0 Å². The standard InChI is InChI=1S/C16H25ClN2O/c1-16(2,3)18-10-12-5-6-15(14(17)9-12)19(4)13-7-8-20-11-13/h5-6,9,13,18H,7-8,10-11H2,1-4H3. The molecule has 1 aromatic carbocycles. The second kappa shape index (κ2) is 6.33. The Balaban J connectivity index is 2.05. The Hall–Kier alpha value is -0.770. The first-order valence-electron chi connectivity index (χ1n) is 7.21. The maximum Gasteiger partial charge on any atom is 0.0670 e. The van der Waals surface area contributed by atoms with Crippen LogP contribution in [0.25, 0.3) is 0 Å². The van der Waals surface area contributed by atoms with E-state index >= 15 is 0 Å². The number of hydrogen-bond donors (Lipinski definition) is 1. The summed E-state index contributed by atoms with van der Waals surface area (Å²) in [6.45, 7) is 8.96. The number of halogens is 1. The van der Waals surface area contributed by atoms with Crippen molar-refractivity contribution in [2.24, 2.45) is 0 Å². The van der Waals surface area contributed by atoms with E-state index in [0.29, 0.717) is 6.04 Å². The third-order valence-corrected chi connectivity index (χ3v) is 3.97. The summed E-state index contributed by atoms with van der Waals surface area (Å²) in [6, 6.07) is 6.75. The molecule has 0 spiro atoms. The molecule has 1 atom stereocenters. The molecule has 1 aliphatic rings. The lowest BCUT2D eigenvalue weighted by molar-refractivity contribution is 0.193. The topological polar surface area (TPSA) is 24.5 Å². The summed E-state index contributed by atoms with van der Waals surface area (Å²) in [5.74, 6) is 0. The van der Waals surface area contributed by atoms with E-state index in [4.69, 9.17) is 16.3 Å². The fourth-order valence-corrected chi connectivity index (χ4v) is 2.67. The summed E-state index contributed by atoms with van der Waals surface area (Å²) >= 11 is 6.44. The summed E-state index contributed by atoms with van der Waals surface area (Å²) in [7, 11) is 2.09. The molecule has 1 unspecified atom stereocenters. The Labute approximate surface area is 127 Å². The van der Waals surface area contributed by atoms with Crippen LogP contribution in [-0.2, 0) is 11.3 Å². The number of nitrogens with zero attached hydrogens (tertiary/aromatic N) is 1. The molecule has 1 aromatic rings. The highest BCUT2D eigenvalue weighted by Crippen LogP contribution is 2.29. The summed E-state index contributed by atoms with van der Waals surface area (Å²) in [5, 5.41) is 4.29. The van der Waals surface area contributed by atoms with E-state index in [9.17, 15) is 0 Å². The molecule has 1 aliphatic heterocycles. The number of likely N-dealkylation sites (N-methyl/N-ethyl adjacent to an activating group) is 1. The Bertz CT molecular complexity index is 450. The molecule has 1 saturated heterocycles. The lowest BCUT2D eigenvalue weighted by Crippen LogP contribution is -2.35. The van der Waals surface area contributed by atoms with E-state index in [0.717, 1.165) is 36.9 Å². The van der Waals surface area contributed by atoms with Crippen molar-refractivity contribution in [1.29, 1.82) is 0 Å². The van der Waals surface area contributed by atoms with Crippen molar-refractivity contribution in [3.63, 3.8) is 0 Å². The molecular formula is C16H25ClN2O. The van der Waals surface area contributed by atoms with Crippen molar-refractivity contribution >= 4 is 17.3 Å². The Kier molecular flexibility index (Phi) is 4.95. The van der Waals surface area contributed by atoms with Gasteiger partial charge in [0.15, 0.2) is 0 Å². The summed E-state index contributed by atoms with van der Waals surface area (Å²) in [6.07, 6.45) is 1.07. The van der Waals surface area contributed by atoms with E-state index in [-0.39, 0.29) is 5.54 Å². The Morgan fingerprint density at radius 3 is 2.70 bits per heavy atom. The molecule has 1 fully saturated rings. The van der Waals surface area contributed by atoms with Gasteiger partial charge in [-0.1, -0.05) is 17.7 Å². The average Bonchev–Trinajstić information content (AvgIpc) is 2.88. The fraction of sp³-hybridized carbons (Fsp3) is 0.625. The van der Waals surface area contributed by atoms with Gasteiger partial charge in [-0.15, -0.1) is 0 Å². The molecule has 1 heterocycles. The zero-order chi connectivity index (χ0) is 14.8. The van der Waals surface area contributed by atoms with Crippen LogP contribution in [0.15, 0.2) is 18.2 Å². The first-order chi connectivity index (χ1) is 9.37. The fourth-order valence-electron chi connectivity index (χ4n) is 2.34. The number of anilines is 1. The van der Waals surface area contributed by atoms with E-state index in [2.05, 4.69) is 56.2 Å². The second-order valence-electron chi connectivity index (χ2n) is 6.52. The monoisotopic (exact) mass is 296 g/mol. The molecule has 3 nitrogen and oxygen atoms in total. The summed E-state index contributed by atoms with van der Waals surface area (Å²) < 4.78 is 5.44. The number of nitrogens with one attached hydrogen (secondary N) is 1. The molecule has 2 rings (SSSR count). The average molecular weight is 297 g/mol. The molecular weight excluding hydrogens is 272 g/mol.